The van der Waals surface area contributed by atoms with Gasteiger partial charge in [0.15, 0.2) is 11.5 Å². The van der Waals surface area contributed by atoms with E-state index in [9.17, 15) is 0 Å². The molecule has 0 aliphatic carbocycles. The van der Waals surface area contributed by atoms with Crippen molar-refractivity contribution in [1.82, 2.24) is 19.9 Å². The van der Waals surface area contributed by atoms with Crippen LogP contribution in [0.5, 0.6) is 0 Å². The summed E-state index contributed by atoms with van der Waals surface area (Å²) < 4.78 is 7.20. The molecule has 0 unspecified atom stereocenters. The van der Waals surface area contributed by atoms with Crippen LogP contribution < -0.4 is 5.32 Å². The third-order valence-corrected chi connectivity index (χ3v) is 2.55. The smallest absolute Gasteiger partial charge is 0.160 e. The van der Waals surface area contributed by atoms with Gasteiger partial charge in [-0.1, -0.05) is 6.07 Å². The molecule has 3 heterocycles. The fourth-order valence-corrected chi connectivity index (χ4v) is 1.72. The summed E-state index contributed by atoms with van der Waals surface area (Å²) in [5, 5.41) is 11.5. The Bertz CT molecular complexity index is 600. The lowest BCUT2D eigenvalue weighted by Gasteiger charge is -2.01. The molecule has 0 amide bonds. The highest BCUT2D eigenvalue weighted by Crippen LogP contribution is 2.03. The molecule has 0 radical (unpaired) electrons. The highest BCUT2D eigenvalue weighted by molar-refractivity contribution is 5.36. The molecule has 3 rings (SSSR count). The molecule has 0 fully saturated rings. The Hall–Kier alpha value is -2.14. The van der Waals surface area contributed by atoms with Gasteiger partial charge < -0.3 is 9.73 Å². The second-order valence-electron chi connectivity index (χ2n) is 3.73. The van der Waals surface area contributed by atoms with Crippen molar-refractivity contribution in [3.05, 3.63) is 54.4 Å². The maximum atomic E-state index is 5.24. The van der Waals surface area contributed by atoms with E-state index in [4.69, 9.17) is 4.42 Å². The van der Waals surface area contributed by atoms with Gasteiger partial charge in [-0.15, -0.1) is 10.2 Å². The number of hydrogen-bond acceptors (Lipinski definition) is 4. The van der Waals surface area contributed by atoms with E-state index in [2.05, 4.69) is 15.5 Å². The molecular weight excluding hydrogens is 216 g/mol. The van der Waals surface area contributed by atoms with E-state index in [1.165, 1.54) is 0 Å². The predicted octanol–water partition coefficient (Wildman–Crippen LogP) is 1.61. The third kappa shape index (κ3) is 2.05. The molecule has 5 nitrogen and oxygen atoms in total. The zero-order chi connectivity index (χ0) is 11.5. The van der Waals surface area contributed by atoms with Crippen LogP contribution in [0.25, 0.3) is 5.65 Å². The normalized spacial score (nSPS) is 11.1. The summed E-state index contributed by atoms with van der Waals surface area (Å²) in [6, 6.07) is 9.66. The first kappa shape index (κ1) is 10.0. The average Bonchev–Trinajstić information content (AvgIpc) is 2.99. The van der Waals surface area contributed by atoms with Crippen molar-refractivity contribution >= 4 is 5.65 Å². The molecule has 0 aliphatic rings. The molecule has 5 heteroatoms. The van der Waals surface area contributed by atoms with Gasteiger partial charge >= 0.3 is 0 Å². The number of nitrogens with one attached hydrogen (secondary N) is 1. The van der Waals surface area contributed by atoms with Crippen molar-refractivity contribution in [2.45, 2.75) is 13.1 Å². The minimum atomic E-state index is 0.659. The van der Waals surface area contributed by atoms with Crippen LogP contribution in [0.15, 0.2) is 47.2 Å². The van der Waals surface area contributed by atoms with Crippen LogP contribution in [0, 0.1) is 0 Å². The van der Waals surface area contributed by atoms with Gasteiger partial charge in [0.25, 0.3) is 0 Å². The Kier molecular flexibility index (Phi) is 2.59. The van der Waals surface area contributed by atoms with Gasteiger partial charge in [0.05, 0.1) is 19.4 Å². The van der Waals surface area contributed by atoms with Crippen molar-refractivity contribution in [2.75, 3.05) is 0 Å². The largest absolute Gasteiger partial charge is 0.468 e. The Balaban J connectivity index is 1.69. The summed E-state index contributed by atoms with van der Waals surface area (Å²) in [5.41, 5.74) is 0.863. The molecule has 0 spiro atoms. The zero-order valence-corrected chi connectivity index (χ0v) is 9.21. The monoisotopic (exact) mass is 228 g/mol. The summed E-state index contributed by atoms with van der Waals surface area (Å²) >= 11 is 0. The van der Waals surface area contributed by atoms with Crippen LogP contribution in [0.1, 0.15) is 11.6 Å². The van der Waals surface area contributed by atoms with Crippen molar-refractivity contribution < 1.29 is 4.42 Å². The van der Waals surface area contributed by atoms with Crippen LogP contribution in [0.3, 0.4) is 0 Å². The minimum Gasteiger partial charge on any atom is -0.468 e. The summed E-state index contributed by atoms with van der Waals surface area (Å²) in [6.45, 7) is 1.35. The van der Waals surface area contributed by atoms with Crippen LogP contribution >= 0.6 is 0 Å². The molecule has 0 aliphatic heterocycles. The van der Waals surface area contributed by atoms with Crippen molar-refractivity contribution in [2.24, 2.45) is 0 Å². The molecule has 3 aromatic heterocycles. The SMILES string of the molecule is c1coc(CNCc2nnc3ccccn23)c1. The number of fused-ring (bicyclic) bond motifs is 1. The second kappa shape index (κ2) is 4.39. The fourth-order valence-electron chi connectivity index (χ4n) is 1.72. The first-order valence-corrected chi connectivity index (χ1v) is 5.45. The topological polar surface area (TPSA) is 55.4 Å². The fraction of sp³-hybridized carbons (Fsp3) is 0.167. The van der Waals surface area contributed by atoms with Crippen molar-refractivity contribution in [1.29, 1.82) is 0 Å². The molecule has 0 bridgehead atoms. The number of nitrogens with zero attached hydrogens (tertiary/aromatic N) is 3. The van der Waals surface area contributed by atoms with Crippen LogP contribution in [0.2, 0.25) is 0 Å². The minimum absolute atomic E-state index is 0.659. The number of furan rings is 1. The highest BCUT2D eigenvalue weighted by atomic mass is 16.3. The van der Waals surface area contributed by atoms with Gasteiger partial charge in [0.2, 0.25) is 0 Å². The maximum Gasteiger partial charge on any atom is 0.160 e. The quantitative estimate of drug-likeness (QED) is 0.737. The first-order chi connectivity index (χ1) is 8.43. The van der Waals surface area contributed by atoms with Gasteiger partial charge in [-0.25, -0.2) is 0 Å². The van der Waals surface area contributed by atoms with E-state index in [0.717, 1.165) is 17.2 Å². The van der Waals surface area contributed by atoms with E-state index in [-0.39, 0.29) is 0 Å². The van der Waals surface area contributed by atoms with E-state index in [1.54, 1.807) is 6.26 Å². The van der Waals surface area contributed by atoms with Crippen molar-refractivity contribution in [3.63, 3.8) is 0 Å². The van der Waals surface area contributed by atoms with Gasteiger partial charge in [0.1, 0.15) is 5.76 Å². The van der Waals surface area contributed by atoms with Gasteiger partial charge in [0, 0.05) is 6.20 Å². The van der Waals surface area contributed by atoms with Crippen LogP contribution in [-0.2, 0) is 13.1 Å². The lowest BCUT2D eigenvalue weighted by molar-refractivity contribution is 0.480. The summed E-state index contributed by atoms with van der Waals surface area (Å²) in [4.78, 5) is 0. The first-order valence-electron chi connectivity index (χ1n) is 5.45. The average molecular weight is 228 g/mol. The number of aromatic nitrogens is 3. The van der Waals surface area contributed by atoms with E-state index < -0.39 is 0 Å². The molecule has 0 saturated heterocycles. The third-order valence-electron chi connectivity index (χ3n) is 2.55. The molecule has 3 aromatic rings. The Morgan fingerprint density at radius 1 is 1.12 bits per heavy atom. The molecule has 0 atom stereocenters. The molecular formula is C12H12N4O. The molecule has 86 valence electrons. The molecule has 0 saturated carbocycles. The van der Waals surface area contributed by atoms with E-state index in [0.29, 0.717) is 13.1 Å². The number of hydrogen-bond donors (Lipinski definition) is 1. The summed E-state index contributed by atoms with van der Waals surface area (Å²) in [7, 11) is 0. The maximum absolute atomic E-state index is 5.24. The summed E-state index contributed by atoms with van der Waals surface area (Å²) in [6.07, 6.45) is 3.63. The molecule has 0 aromatic carbocycles. The number of pyridine rings is 1. The van der Waals surface area contributed by atoms with E-state index in [1.807, 2.05) is 40.9 Å². The Labute approximate surface area is 98.1 Å². The van der Waals surface area contributed by atoms with Crippen molar-refractivity contribution in [3.8, 4) is 0 Å². The zero-order valence-electron chi connectivity index (χ0n) is 9.21. The van der Waals surface area contributed by atoms with Gasteiger partial charge in [-0.05, 0) is 24.3 Å². The lowest BCUT2D eigenvalue weighted by Crippen LogP contribution is -2.14. The number of rotatable bonds is 4. The lowest BCUT2D eigenvalue weighted by atomic mass is 10.4. The van der Waals surface area contributed by atoms with Gasteiger partial charge in [-0.2, -0.15) is 0 Å². The highest BCUT2D eigenvalue weighted by Gasteiger charge is 2.03. The van der Waals surface area contributed by atoms with Crippen LogP contribution in [0.4, 0.5) is 0 Å². The Morgan fingerprint density at radius 3 is 3.00 bits per heavy atom. The van der Waals surface area contributed by atoms with E-state index >= 15 is 0 Å². The van der Waals surface area contributed by atoms with Crippen LogP contribution in [-0.4, -0.2) is 14.6 Å². The van der Waals surface area contributed by atoms with Gasteiger partial charge in [-0.3, -0.25) is 4.40 Å². The molecule has 1 N–H and O–H groups in total. The Morgan fingerprint density at radius 2 is 2.12 bits per heavy atom. The summed E-state index contributed by atoms with van der Waals surface area (Å²) in [5.74, 6) is 1.81. The standard InChI is InChI=1S/C12H12N4O/c1-2-6-16-11(5-1)14-15-12(16)9-13-8-10-4-3-7-17-10/h1-7,13H,8-9H2. The predicted molar refractivity (Wildman–Crippen MR) is 62.2 cm³/mol. The molecule has 17 heavy (non-hydrogen) atoms. The second-order valence-corrected chi connectivity index (χ2v) is 3.73.